The highest BCUT2D eigenvalue weighted by atomic mass is 32.1. The Morgan fingerprint density at radius 2 is 1.54 bits per heavy atom. The smallest absolute Gasteiger partial charge is 0.203 e. The van der Waals surface area contributed by atoms with Crippen molar-refractivity contribution >= 4 is 39.5 Å². The van der Waals surface area contributed by atoms with E-state index in [1.54, 1.807) is 57.7 Å². The molecule has 2 N–H and O–H groups in total. The summed E-state index contributed by atoms with van der Waals surface area (Å²) < 4.78 is 27.4. The number of rotatable bonds is 8. The van der Waals surface area contributed by atoms with Gasteiger partial charge < -0.3 is 34.1 Å². The van der Waals surface area contributed by atoms with Crippen LogP contribution in [0.4, 0.5) is 5.69 Å². The summed E-state index contributed by atoms with van der Waals surface area (Å²) in [6.07, 6.45) is 0.460. The van der Waals surface area contributed by atoms with Gasteiger partial charge in [-0.3, -0.25) is 0 Å². The van der Waals surface area contributed by atoms with Crippen LogP contribution in [0.1, 0.15) is 23.6 Å². The second-order valence-corrected chi connectivity index (χ2v) is 9.63. The van der Waals surface area contributed by atoms with Gasteiger partial charge in [-0.2, -0.15) is 5.10 Å². The number of fused-ring (bicyclic) bond motifs is 1. The maximum absolute atomic E-state index is 11.0. The highest BCUT2D eigenvalue weighted by Crippen LogP contribution is 2.43. The van der Waals surface area contributed by atoms with Crippen molar-refractivity contribution in [3.8, 4) is 34.5 Å². The summed E-state index contributed by atoms with van der Waals surface area (Å²) >= 11 is 5.93. The van der Waals surface area contributed by atoms with Gasteiger partial charge in [-0.05, 0) is 28.6 Å². The Hall–Kier alpha value is -4.70. The van der Waals surface area contributed by atoms with E-state index in [0.717, 1.165) is 16.3 Å². The van der Waals surface area contributed by atoms with Crippen LogP contribution in [-0.2, 0) is 0 Å². The van der Waals surface area contributed by atoms with Crippen LogP contribution in [0.5, 0.6) is 34.5 Å². The number of methoxy groups -OCH3 is 5. The minimum atomic E-state index is -0.274. The molecule has 1 heterocycles. The number of hydrogen-bond donors (Lipinski definition) is 2. The molecule has 41 heavy (non-hydrogen) atoms. The Bertz CT molecular complexity index is 1610. The number of benzene rings is 4. The van der Waals surface area contributed by atoms with Gasteiger partial charge in [-0.1, -0.05) is 42.5 Å². The lowest BCUT2D eigenvalue weighted by Gasteiger charge is -2.26. The van der Waals surface area contributed by atoms with E-state index in [2.05, 4.69) is 29.6 Å². The molecule has 9 nitrogen and oxygen atoms in total. The van der Waals surface area contributed by atoms with Gasteiger partial charge in [0, 0.05) is 36.4 Å². The molecule has 5 rings (SSSR count). The van der Waals surface area contributed by atoms with Crippen LogP contribution in [0.15, 0.2) is 71.8 Å². The molecule has 4 aromatic rings. The fraction of sp³-hybridized carbons (Fsp3) is 0.226. The Balaban J connectivity index is 1.60. The largest absolute Gasteiger partial charge is 0.507 e. The normalized spacial score (nSPS) is 14.4. The number of hydrogen-bond acceptors (Lipinski definition) is 8. The predicted octanol–water partition coefficient (Wildman–Crippen LogP) is 6.14. The zero-order valence-corrected chi connectivity index (χ0v) is 24.2. The van der Waals surface area contributed by atoms with Crippen LogP contribution in [-0.4, -0.2) is 56.5 Å². The first-order valence-corrected chi connectivity index (χ1v) is 13.2. The monoisotopic (exact) mass is 573 g/mol. The van der Waals surface area contributed by atoms with Crippen LogP contribution >= 0.6 is 12.2 Å². The highest BCUT2D eigenvalue weighted by molar-refractivity contribution is 7.80. The number of ether oxygens (including phenoxy) is 5. The molecule has 10 heteroatoms. The van der Waals surface area contributed by atoms with E-state index >= 15 is 0 Å². The summed E-state index contributed by atoms with van der Waals surface area (Å²) in [5.41, 5.74) is 2.78. The number of phenols is 1. The second kappa shape index (κ2) is 11.8. The number of phenolic OH excluding ortho intramolecular Hbond substituents is 1. The summed E-state index contributed by atoms with van der Waals surface area (Å²) in [7, 11) is 7.75. The van der Waals surface area contributed by atoms with E-state index in [1.165, 1.54) is 7.11 Å². The summed E-state index contributed by atoms with van der Waals surface area (Å²) in [5.74, 6) is 2.37. The van der Waals surface area contributed by atoms with Gasteiger partial charge in [0.15, 0.2) is 16.6 Å². The van der Waals surface area contributed by atoms with Crippen molar-refractivity contribution in [2.24, 2.45) is 5.10 Å². The Kier molecular flexibility index (Phi) is 8.02. The number of thiocarbonyl (C=S) groups is 1. The van der Waals surface area contributed by atoms with Crippen LogP contribution < -0.4 is 29.0 Å². The van der Waals surface area contributed by atoms with E-state index in [0.29, 0.717) is 57.2 Å². The molecule has 4 aromatic carbocycles. The number of aromatic hydroxyl groups is 1. The first kappa shape index (κ1) is 27.9. The molecule has 1 aliphatic heterocycles. The first-order valence-electron chi connectivity index (χ1n) is 12.8. The number of nitrogens with zero attached hydrogens (tertiary/aromatic N) is 2. The maximum Gasteiger partial charge on any atom is 0.203 e. The average Bonchev–Trinajstić information content (AvgIpc) is 3.44. The van der Waals surface area contributed by atoms with E-state index in [-0.39, 0.29) is 11.8 Å². The standard InChI is InChI=1S/C31H31N3O6S/c1-36-20-15-25(35)29(26(16-20)37-2)23-17-24(22-12-8-10-18-9-6-7-11-21(18)22)34(33-23)31(41)32-19-13-27(38-3)30(40-5)28(14-19)39-4/h6-16,24,35H,17H2,1-5H3,(H,32,41). The SMILES string of the molecule is COc1cc(O)c(C2=NN(C(=S)Nc3cc(OC)c(OC)c(OC)c3)C(c3cccc4ccccc34)C2)c(OC)c1. The van der Waals surface area contributed by atoms with Gasteiger partial charge in [0.2, 0.25) is 5.75 Å². The molecule has 1 aliphatic rings. The molecule has 1 unspecified atom stereocenters. The van der Waals surface area contributed by atoms with Crippen molar-refractivity contribution < 1.29 is 28.8 Å². The Morgan fingerprint density at radius 1 is 0.854 bits per heavy atom. The Labute approximate surface area is 243 Å². The minimum Gasteiger partial charge on any atom is -0.507 e. The molecule has 0 saturated heterocycles. The molecule has 0 saturated carbocycles. The summed E-state index contributed by atoms with van der Waals surface area (Å²) in [5, 5.41) is 23.5. The lowest BCUT2D eigenvalue weighted by Crippen LogP contribution is -2.31. The predicted molar refractivity (Wildman–Crippen MR) is 163 cm³/mol. The summed E-state index contributed by atoms with van der Waals surface area (Å²) in [6, 6.07) is 20.9. The molecule has 0 bridgehead atoms. The van der Waals surface area contributed by atoms with Crippen molar-refractivity contribution in [2.45, 2.75) is 12.5 Å². The third-order valence-electron chi connectivity index (χ3n) is 7.02. The number of nitrogens with one attached hydrogen (secondary N) is 1. The zero-order chi connectivity index (χ0) is 29.1. The molecular weight excluding hydrogens is 542 g/mol. The van der Waals surface area contributed by atoms with Gasteiger partial charge >= 0.3 is 0 Å². The highest BCUT2D eigenvalue weighted by Gasteiger charge is 2.35. The second-order valence-electron chi connectivity index (χ2n) is 9.25. The Morgan fingerprint density at radius 3 is 2.20 bits per heavy atom. The fourth-order valence-corrected chi connectivity index (χ4v) is 5.40. The number of anilines is 1. The molecule has 0 aromatic heterocycles. The van der Waals surface area contributed by atoms with Crippen LogP contribution in [0.2, 0.25) is 0 Å². The molecular formula is C31H31N3O6S. The van der Waals surface area contributed by atoms with Gasteiger partial charge in [-0.25, -0.2) is 5.01 Å². The molecule has 0 aliphatic carbocycles. The quantitative estimate of drug-likeness (QED) is 0.241. The van der Waals surface area contributed by atoms with Crippen LogP contribution in [0.25, 0.3) is 10.8 Å². The van der Waals surface area contributed by atoms with Gasteiger partial charge in [-0.15, -0.1) is 0 Å². The minimum absolute atomic E-state index is 0.00183. The van der Waals surface area contributed by atoms with Crippen molar-refractivity contribution in [3.63, 3.8) is 0 Å². The van der Waals surface area contributed by atoms with Gasteiger partial charge in [0.25, 0.3) is 0 Å². The third kappa shape index (κ3) is 5.26. The average molecular weight is 574 g/mol. The van der Waals surface area contributed by atoms with E-state index in [9.17, 15) is 5.11 Å². The van der Waals surface area contributed by atoms with E-state index in [1.807, 2.05) is 18.2 Å². The molecule has 0 spiro atoms. The molecule has 0 fully saturated rings. The lowest BCUT2D eigenvalue weighted by atomic mass is 9.93. The van der Waals surface area contributed by atoms with E-state index in [4.69, 9.17) is 41.0 Å². The first-order chi connectivity index (χ1) is 19.9. The third-order valence-corrected chi connectivity index (χ3v) is 7.30. The molecule has 1 atom stereocenters. The number of hydrazone groups is 1. The van der Waals surface area contributed by atoms with Gasteiger partial charge in [0.05, 0.1) is 52.9 Å². The van der Waals surface area contributed by atoms with Crippen molar-refractivity contribution in [3.05, 3.63) is 77.9 Å². The summed E-state index contributed by atoms with van der Waals surface area (Å²) in [4.78, 5) is 0. The molecule has 0 amide bonds. The van der Waals surface area contributed by atoms with Crippen molar-refractivity contribution in [2.75, 3.05) is 40.9 Å². The lowest BCUT2D eigenvalue weighted by molar-refractivity contribution is 0.324. The van der Waals surface area contributed by atoms with Crippen LogP contribution in [0, 0.1) is 0 Å². The summed E-state index contributed by atoms with van der Waals surface area (Å²) in [6.45, 7) is 0. The topological polar surface area (TPSA) is 94.0 Å². The zero-order valence-electron chi connectivity index (χ0n) is 23.4. The van der Waals surface area contributed by atoms with Crippen molar-refractivity contribution in [1.29, 1.82) is 0 Å². The maximum atomic E-state index is 11.0. The van der Waals surface area contributed by atoms with E-state index < -0.39 is 0 Å². The van der Waals surface area contributed by atoms with Gasteiger partial charge in [0.1, 0.15) is 17.2 Å². The molecule has 212 valence electrons. The fourth-order valence-electron chi connectivity index (χ4n) is 5.11. The van der Waals surface area contributed by atoms with Crippen molar-refractivity contribution in [1.82, 2.24) is 5.01 Å². The molecule has 0 radical (unpaired) electrons. The van der Waals surface area contributed by atoms with Crippen LogP contribution in [0.3, 0.4) is 0 Å².